The first-order valence-electron chi connectivity index (χ1n) is 4.81. The summed E-state index contributed by atoms with van der Waals surface area (Å²) < 4.78 is 12.5. The largest absolute Gasteiger partial charge is 0.354 e. The smallest absolute Gasteiger partial charge is 0.222 e. The Hall–Kier alpha value is -1.19. The first-order valence-corrected chi connectivity index (χ1v) is 4.81. The predicted octanol–water partition coefficient (Wildman–Crippen LogP) is 2.32. The third-order valence-corrected chi connectivity index (χ3v) is 2.34. The van der Waals surface area contributed by atoms with Crippen molar-refractivity contribution in [2.75, 3.05) is 11.9 Å². The minimum absolute atomic E-state index is 0.410. The summed E-state index contributed by atoms with van der Waals surface area (Å²) in [6.07, 6.45) is 2.32. The van der Waals surface area contributed by atoms with Gasteiger partial charge in [0.1, 0.15) is 0 Å². The maximum atomic E-state index is 12.5. The molecule has 1 rings (SSSR count). The van der Waals surface area contributed by atoms with Gasteiger partial charge in [0.25, 0.3) is 0 Å². The van der Waals surface area contributed by atoms with Crippen LogP contribution in [0, 0.1) is 17.7 Å². The molecule has 0 saturated heterocycles. The maximum Gasteiger partial charge on any atom is 0.222 e. The standard InChI is InChI=1S/C10H16FN3/c1-7(2)8(3)4-12-10-13-5-9(11)6-14-10/h5-8H,4H2,1-3H3,(H,12,13,14). The number of rotatable bonds is 4. The van der Waals surface area contributed by atoms with E-state index in [1.165, 1.54) is 0 Å². The topological polar surface area (TPSA) is 37.8 Å². The molecule has 1 heterocycles. The Bertz CT molecular complexity index is 271. The molecule has 0 radical (unpaired) electrons. The van der Waals surface area contributed by atoms with Gasteiger partial charge in [0.2, 0.25) is 5.95 Å². The van der Waals surface area contributed by atoms with E-state index in [2.05, 4.69) is 36.1 Å². The number of aromatic nitrogens is 2. The predicted molar refractivity (Wildman–Crippen MR) is 54.5 cm³/mol. The molecule has 0 aliphatic rings. The van der Waals surface area contributed by atoms with E-state index >= 15 is 0 Å². The highest BCUT2D eigenvalue weighted by atomic mass is 19.1. The number of hydrogen-bond acceptors (Lipinski definition) is 3. The van der Waals surface area contributed by atoms with Gasteiger partial charge < -0.3 is 5.32 Å². The summed E-state index contributed by atoms with van der Waals surface area (Å²) in [6.45, 7) is 7.29. The monoisotopic (exact) mass is 197 g/mol. The van der Waals surface area contributed by atoms with E-state index in [9.17, 15) is 4.39 Å². The molecule has 1 atom stereocenters. The van der Waals surface area contributed by atoms with Gasteiger partial charge in [-0.25, -0.2) is 14.4 Å². The Kier molecular flexibility index (Phi) is 3.80. The van der Waals surface area contributed by atoms with E-state index in [4.69, 9.17) is 0 Å². The molecule has 14 heavy (non-hydrogen) atoms. The van der Waals surface area contributed by atoms with Crippen LogP contribution in [0.15, 0.2) is 12.4 Å². The van der Waals surface area contributed by atoms with Gasteiger partial charge in [-0.2, -0.15) is 0 Å². The fourth-order valence-electron chi connectivity index (χ4n) is 0.892. The van der Waals surface area contributed by atoms with E-state index in [0.29, 0.717) is 17.8 Å². The molecule has 1 N–H and O–H groups in total. The number of anilines is 1. The lowest BCUT2D eigenvalue weighted by Gasteiger charge is -2.15. The second-order valence-electron chi connectivity index (χ2n) is 3.83. The van der Waals surface area contributed by atoms with Gasteiger partial charge >= 0.3 is 0 Å². The van der Waals surface area contributed by atoms with Gasteiger partial charge in [-0.1, -0.05) is 20.8 Å². The average molecular weight is 197 g/mol. The molecule has 0 saturated carbocycles. The van der Waals surface area contributed by atoms with Crippen LogP contribution >= 0.6 is 0 Å². The minimum Gasteiger partial charge on any atom is -0.354 e. The highest BCUT2D eigenvalue weighted by Gasteiger charge is 2.06. The number of hydrogen-bond donors (Lipinski definition) is 1. The van der Waals surface area contributed by atoms with Gasteiger partial charge in [0.15, 0.2) is 5.82 Å². The lowest BCUT2D eigenvalue weighted by atomic mass is 9.98. The lowest BCUT2D eigenvalue weighted by molar-refractivity contribution is 0.439. The van der Waals surface area contributed by atoms with Crippen molar-refractivity contribution in [1.29, 1.82) is 0 Å². The summed E-state index contributed by atoms with van der Waals surface area (Å²) >= 11 is 0. The number of nitrogens with zero attached hydrogens (tertiary/aromatic N) is 2. The molecule has 4 heteroatoms. The highest BCUT2D eigenvalue weighted by molar-refractivity contribution is 5.22. The first kappa shape index (κ1) is 10.9. The zero-order valence-electron chi connectivity index (χ0n) is 8.79. The van der Waals surface area contributed by atoms with Crippen molar-refractivity contribution in [3.05, 3.63) is 18.2 Å². The van der Waals surface area contributed by atoms with Crippen molar-refractivity contribution in [3.8, 4) is 0 Å². The Labute approximate surface area is 83.8 Å². The Morgan fingerprint density at radius 1 is 1.29 bits per heavy atom. The van der Waals surface area contributed by atoms with Crippen LogP contribution in [0.2, 0.25) is 0 Å². The second kappa shape index (κ2) is 4.88. The molecule has 0 spiro atoms. The fourth-order valence-corrected chi connectivity index (χ4v) is 0.892. The molecule has 78 valence electrons. The molecule has 1 aromatic rings. The Morgan fingerprint density at radius 2 is 1.86 bits per heavy atom. The van der Waals surface area contributed by atoms with Crippen LogP contribution < -0.4 is 5.32 Å². The quantitative estimate of drug-likeness (QED) is 0.805. The summed E-state index contributed by atoms with van der Waals surface area (Å²) in [5, 5.41) is 3.06. The molecule has 1 unspecified atom stereocenters. The van der Waals surface area contributed by atoms with E-state index in [-0.39, 0.29) is 0 Å². The summed E-state index contributed by atoms with van der Waals surface area (Å²) in [4.78, 5) is 7.62. The molecular formula is C10H16FN3. The van der Waals surface area contributed by atoms with Gasteiger partial charge in [-0.3, -0.25) is 0 Å². The molecule has 0 bridgehead atoms. The molecule has 0 amide bonds. The van der Waals surface area contributed by atoms with E-state index in [1.807, 2.05) is 0 Å². The van der Waals surface area contributed by atoms with Gasteiger partial charge in [-0.05, 0) is 11.8 Å². The molecular weight excluding hydrogens is 181 g/mol. The highest BCUT2D eigenvalue weighted by Crippen LogP contribution is 2.09. The molecule has 0 aliphatic heterocycles. The van der Waals surface area contributed by atoms with Gasteiger partial charge in [0.05, 0.1) is 12.4 Å². The lowest BCUT2D eigenvalue weighted by Crippen LogP contribution is -2.17. The molecule has 0 fully saturated rings. The second-order valence-corrected chi connectivity index (χ2v) is 3.83. The van der Waals surface area contributed by atoms with Crippen LogP contribution in [-0.4, -0.2) is 16.5 Å². The minimum atomic E-state index is -0.410. The Morgan fingerprint density at radius 3 is 2.36 bits per heavy atom. The normalized spacial score (nSPS) is 12.9. The van der Waals surface area contributed by atoms with Crippen molar-refractivity contribution in [2.24, 2.45) is 11.8 Å². The summed E-state index contributed by atoms with van der Waals surface area (Å²) in [6, 6.07) is 0. The van der Waals surface area contributed by atoms with Crippen molar-refractivity contribution in [3.63, 3.8) is 0 Å². The maximum absolute atomic E-state index is 12.5. The Balaban J connectivity index is 2.42. The molecule has 0 aliphatic carbocycles. The van der Waals surface area contributed by atoms with Crippen molar-refractivity contribution in [1.82, 2.24) is 9.97 Å². The van der Waals surface area contributed by atoms with Gasteiger partial charge in [0, 0.05) is 6.54 Å². The van der Waals surface area contributed by atoms with Crippen LogP contribution in [0.4, 0.5) is 10.3 Å². The van der Waals surface area contributed by atoms with Crippen LogP contribution in [-0.2, 0) is 0 Å². The van der Waals surface area contributed by atoms with Crippen molar-refractivity contribution >= 4 is 5.95 Å². The zero-order valence-corrected chi connectivity index (χ0v) is 8.79. The zero-order chi connectivity index (χ0) is 10.6. The van der Waals surface area contributed by atoms with Crippen LogP contribution in [0.25, 0.3) is 0 Å². The van der Waals surface area contributed by atoms with Gasteiger partial charge in [-0.15, -0.1) is 0 Å². The van der Waals surface area contributed by atoms with Crippen LogP contribution in [0.3, 0.4) is 0 Å². The summed E-state index contributed by atoms with van der Waals surface area (Å²) in [5.74, 6) is 1.23. The number of nitrogens with one attached hydrogen (secondary N) is 1. The summed E-state index contributed by atoms with van der Waals surface area (Å²) in [5.41, 5.74) is 0. The summed E-state index contributed by atoms with van der Waals surface area (Å²) in [7, 11) is 0. The fraction of sp³-hybridized carbons (Fsp3) is 0.600. The SMILES string of the molecule is CC(C)C(C)CNc1ncc(F)cn1. The van der Waals surface area contributed by atoms with Crippen LogP contribution in [0.5, 0.6) is 0 Å². The van der Waals surface area contributed by atoms with Crippen molar-refractivity contribution in [2.45, 2.75) is 20.8 Å². The van der Waals surface area contributed by atoms with E-state index in [1.54, 1.807) is 0 Å². The third kappa shape index (κ3) is 3.28. The van der Waals surface area contributed by atoms with Crippen LogP contribution in [0.1, 0.15) is 20.8 Å². The third-order valence-electron chi connectivity index (χ3n) is 2.34. The van der Waals surface area contributed by atoms with Crippen molar-refractivity contribution < 1.29 is 4.39 Å². The first-order chi connectivity index (χ1) is 6.59. The van der Waals surface area contributed by atoms with E-state index in [0.717, 1.165) is 18.9 Å². The number of halogens is 1. The molecule has 0 aromatic carbocycles. The van der Waals surface area contributed by atoms with E-state index < -0.39 is 5.82 Å². The molecule has 3 nitrogen and oxygen atoms in total. The average Bonchev–Trinajstić information content (AvgIpc) is 2.16. The molecule has 1 aromatic heterocycles.